The molecule has 1 saturated heterocycles. The van der Waals surface area contributed by atoms with Gasteiger partial charge in [-0.2, -0.15) is 5.09 Å². The summed E-state index contributed by atoms with van der Waals surface area (Å²) in [5, 5.41) is 23.0. The maximum atomic E-state index is 13.3. The van der Waals surface area contributed by atoms with Crippen LogP contribution >= 0.6 is 7.75 Å². The van der Waals surface area contributed by atoms with Crippen molar-refractivity contribution in [3.05, 3.63) is 60.4 Å². The Morgan fingerprint density at radius 3 is 2.56 bits per heavy atom. The minimum absolute atomic E-state index is 0.120. The first kappa shape index (κ1) is 25.8. The monoisotopic (exact) mass is 496 g/mol. The predicted octanol–water partition coefficient (Wildman–Crippen LogP) is 1.04. The van der Waals surface area contributed by atoms with Crippen LogP contribution in [0.5, 0.6) is 5.75 Å². The lowest BCUT2D eigenvalue weighted by molar-refractivity contribution is -0.142. The van der Waals surface area contributed by atoms with E-state index in [0.29, 0.717) is 0 Å². The number of aliphatic hydroxyl groups excluding tert-OH is 2. The molecule has 3 unspecified atom stereocenters. The van der Waals surface area contributed by atoms with Gasteiger partial charge in [0.1, 0.15) is 30.1 Å². The Hall–Kier alpha value is -2.86. The van der Waals surface area contributed by atoms with Crippen LogP contribution in [-0.4, -0.2) is 71.5 Å². The van der Waals surface area contributed by atoms with Gasteiger partial charge in [0.05, 0.1) is 19.3 Å². The first-order valence-corrected chi connectivity index (χ1v) is 11.7. The fourth-order valence-electron chi connectivity index (χ4n) is 2.95. The van der Waals surface area contributed by atoms with E-state index in [1.54, 1.807) is 18.2 Å². The number of methoxy groups -OCH3 is 1. The highest BCUT2D eigenvalue weighted by Crippen LogP contribution is 2.45. The number of hydrogen-bond donors (Lipinski definition) is 3. The Balaban J connectivity index is 1.66. The number of benzene rings is 1. The van der Waals surface area contributed by atoms with Gasteiger partial charge >= 0.3 is 19.7 Å². The first-order chi connectivity index (χ1) is 16.2. The summed E-state index contributed by atoms with van der Waals surface area (Å²) in [6.45, 7) is 0.860. The number of ether oxygens (including phenoxy) is 3. The lowest BCUT2D eigenvalue weighted by Gasteiger charge is -2.24. The Morgan fingerprint density at radius 2 is 1.91 bits per heavy atom. The molecule has 0 aliphatic carbocycles. The maximum Gasteiger partial charge on any atom is 0.459 e. The van der Waals surface area contributed by atoms with Crippen molar-refractivity contribution in [1.29, 1.82) is 0 Å². The molecule has 2 aromatic rings. The van der Waals surface area contributed by atoms with E-state index < -0.39 is 56.9 Å². The lowest BCUT2D eigenvalue weighted by atomic mass is 10.1. The number of nitrogens with zero attached hydrogens (tertiary/aromatic N) is 1. The third kappa shape index (κ3) is 6.60. The fourth-order valence-corrected chi connectivity index (χ4v) is 4.46. The molecule has 3 rings (SSSR count). The summed E-state index contributed by atoms with van der Waals surface area (Å²) in [5.74, 6) is -1.35. The van der Waals surface area contributed by atoms with E-state index in [-0.39, 0.29) is 11.3 Å². The van der Waals surface area contributed by atoms with Gasteiger partial charge in [-0.15, -0.1) is 0 Å². The van der Waals surface area contributed by atoms with Crippen molar-refractivity contribution >= 4 is 19.7 Å². The predicted molar refractivity (Wildman–Crippen MR) is 116 cm³/mol. The molecule has 2 heterocycles. The zero-order chi connectivity index (χ0) is 24.7. The standard InChI is InChI=1S/C21H25N2O10P/c1-13(19(26)29-2)23-34(28,33-15-8-4-3-5-9-15)30-12-16-17(24)18(25)21(31-16)32-20(27)14-7-6-10-22-11-14/h3-11,13,16-18,21,24-25H,12H2,1-2H3,(H,23,28)/t13?,16-,17-,18-,21?,34?/m1/s1. The zero-order valence-corrected chi connectivity index (χ0v) is 19.2. The van der Waals surface area contributed by atoms with Crippen molar-refractivity contribution in [2.75, 3.05) is 13.7 Å². The highest BCUT2D eigenvalue weighted by atomic mass is 31.2. The number of pyridine rings is 1. The van der Waals surface area contributed by atoms with Gasteiger partial charge < -0.3 is 28.9 Å². The number of carbonyl (C=O) groups excluding carboxylic acids is 2. The van der Waals surface area contributed by atoms with Crippen molar-refractivity contribution in [2.24, 2.45) is 0 Å². The van der Waals surface area contributed by atoms with E-state index in [1.165, 1.54) is 50.7 Å². The van der Waals surface area contributed by atoms with Gasteiger partial charge in [0.2, 0.25) is 6.29 Å². The van der Waals surface area contributed by atoms with Crippen molar-refractivity contribution in [3.63, 3.8) is 0 Å². The van der Waals surface area contributed by atoms with Gasteiger partial charge in [-0.25, -0.2) is 9.36 Å². The van der Waals surface area contributed by atoms with Gasteiger partial charge in [0.15, 0.2) is 0 Å². The molecule has 1 aliphatic heterocycles. The zero-order valence-electron chi connectivity index (χ0n) is 18.3. The minimum Gasteiger partial charge on any atom is -0.468 e. The molecule has 12 nitrogen and oxygen atoms in total. The minimum atomic E-state index is -4.20. The topological polar surface area (TPSA) is 163 Å². The molecule has 1 fully saturated rings. The molecule has 1 aromatic heterocycles. The van der Waals surface area contributed by atoms with Crippen LogP contribution in [-0.2, 0) is 28.1 Å². The van der Waals surface area contributed by atoms with Crippen molar-refractivity contribution < 1.29 is 47.6 Å². The Labute approximate surface area is 195 Å². The van der Waals surface area contributed by atoms with Crippen LogP contribution in [0.4, 0.5) is 0 Å². The molecule has 13 heteroatoms. The van der Waals surface area contributed by atoms with Crippen LogP contribution < -0.4 is 9.61 Å². The average Bonchev–Trinajstić information content (AvgIpc) is 3.11. The van der Waals surface area contributed by atoms with Crippen molar-refractivity contribution in [3.8, 4) is 5.75 Å². The molecule has 0 radical (unpaired) electrons. The summed E-state index contributed by atoms with van der Waals surface area (Å²) in [4.78, 5) is 27.8. The largest absolute Gasteiger partial charge is 0.468 e. The van der Waals surface area contributed by atoms with E-state index in [9.17, 15) is 24.4 Å². The summed E-state index contributed by atoms with van der Waals surface area (Å²) in [6.07, 6.45) is -3.12. The molecule has 0 spiro atoms. The second kappa shape index (κ2) is 11.5. The van der Waals surface area contributed by atoms with Gasteiger partial charge in [-0.05, 0) is 31.2 Å². The Morgan fingerprint density at radius 1 is 1.18 bits per heavy atom. The average molecular weight is 496 g/mol. The molecule has 1 aliphatic rings. The highest BCUT2D eigenvalue weighted by molar-refractivity contribution is 7.52. The molecule has 3 N–H and O–H groups in total. The Kier molecular flexibility index (Phi) is 8.72. The fraction of sp³-hybridized carbons (Fsp3) is 0.381. The van der Waals surface area contributed by atoms with E-state index >= 15 is 0 Å². The number of aromatic nitrogens is 1. The van der Waals surface area contributed by atoms with Crippen LogP contribution in [0.1, 0.15) is 17.3 Å². The van der Waals surface area contributed by atoms with Crippen molar-refractivity contribution in [1.82, 2.24) is 10.1 Å². The maximum absolute atomic E-state index is 13.3. The SMILES string of the molecule is COC(=O)C(C)NP(=O)(OC[C@H]1OC(OC(=O)c2cccnc2)[C@H](O)[C@@H]1O)Oc1ccccc1. The third-order valence-corrected chi connectivity index (χ3v) is 6.37. The summed E-state index contributed by atoms with van der Waals surface area (Å²) in [7, 11) is -3.03. The van der Waals surface area contributed by atoms with Gasteiger partial charge in [-0.1, -0.05) is 18.2 Å². The molecule has 1 aromatic carbocycles. The molecule has 0 bridgehead atoms. The van der Waals surface area contributed by atoms with E-state index in [1.807, 2.05) is 0 Å². The van der Waals surface area contributed by atoms with Crippen LogP contribution in [0.25, 0.3) is 0 Å². The van der Waals surface area contributed by atoms with Gasteiger partial charge in [-0.3, -0.25) is 14.3 Å². The molecule has 34 heavy (non-hydrogen) atoms. The van der Waals surface area contributed by atoms with E-state index in [0.717, 1.165) is 0 Å². The molecule has 6 atom stereocenters. The first-order valence-electron chi connectivity index (χ1n) is 10.2. The number of esters is 2. The molecular weight excluding hydrogens is 471 g/mol. The van der Waals surface area contributed by atoms with Crippen LogP contribution in [0.15, 0.2) is 54.9 Å². The summed E-state index contributed by atoms with van der Waals surface area (Å²) < 4.78 is 39.4. The van der Waals surface area contributed by atoms with E-state index in [2.05, 4.69) is 14.8 Å². The normalized spacial score (nSPS) is 24.6. The Bertz CT molecular complexity index is 1010. The second-order valence-corrected chi connectivity index (χ2v) is 8.94. The van der Waals surface area contributed by atoms with Gasteiger partial charge in [0.25, 0.3) is 0 Å². The lowest BCUT2D eigenvalue weighted by Crippen LogP contribution is -2.37. The number of nitrogens with one attached hydrogen (secondary N) is 1. The second-order valence-electron chi connectivity index (χ2n) is 7.24. The van der Waals surface area contributed by atoms with Crippen LogP contribution in [0.3, 0.4) is 0 Å². The number of aliphatic hydroxyl groups is 2. The number of rotatable bonds is 10. The van der Waals surface area contributed by atoms with Crippen LogP contribution in [0, 0.1) is 0 Å². The summed E-state index contributed by atoms with van der Waals surface area (Å²) in [6, 6.07) is 9.99. The molecule has 184 valence electrons. The summed E-state index contributed by atoms with van der Waals surface area (Å²) >= 11 is 0. The number of hydrogen-bond acceptors (Lipinski definition) is 11. The third-order valence-electron chi connectivity index (χ3n) is 4.72. The smallest absolute Gasteiger partial charge is 0.459 e. The highest BCUT2D eigenvalue weighted by Gasteiger charge is 2.46. The van der Waals surface area contributed by atoms with Crippen molar-refractivity contribution in [2.45, 2.75) is 37.6 Å². The summed E-state index contributed by atoms with van der Waals surface area (Å²) in [5.41, 5.74) is 0.120. The quantitative estimate of drug-likeness (QED) is 0.317. The molecule has 0 saturated carbocycles. The van der Waals surface area contributed by atoms with Crippen LogP contribution in [0.2, 0.25) is 0 Å². The number of carbonyl (C=O) groups is 2. The molecule has 0 amide bonds. The molecular formula is C21H25N2O10P. The van der Waals surface area contributed by atoms with Gasteiger partial charge in [0, 0.05) is 12.4 Å². The number of para-hydroxylation sites is 1. The van der Waals surface area contributed by atoms with E-state index in [4.69, 9.17) is 18.5 Å².